The van der Waals surface area contributed by atoms with Crippen molar-refractivity contribution in [2.24, 2.45) is 10.2 Å². The van der Waals surface area contributed by atoms with Crippen molar-refractivity contribution in [3.8, 4) is 23.0 Å². The van der Waals surface area contributed by atoms with E-state index in [0.717, 1.165) is 31.4 Å². The van der Waals surface area contributed by atoms with Gasteiger partial charge in [0.1, 0.15) is 46.3 Å². The van der Waals surface area contributed by atoms with Crippen molar-refractivity contribution in [1.29, 1.82) is 0 Å². The number of hydrogen-bond acceptors (Lipinski definition) is 14. The number of rotatable bonds is 23. The molecule has 14 nitrogen and oxygen atoms in total. The number of benzene rings is 5. The topological polar surface area (TPSA) is 211 Å². The maximum Gasteiger partial charge on any atom is 1.00 e. The van der Waals surface area contributed by atoms with Crippen LogP contribution in [-0.4, -0.2) is 48.8 Å². The predicted molar refractivity (Wildman–Crippen MR) is 218 cm³/mol. The molecular weight excluding hydrogens is 833 g/mol. The van der Waals surface area contributed by atoms with Crippen molar-refractivity contribution in [1.82, 2.24) is 5.32 Å². The number of azo groups is 1. The van der Waals surface area contributed by atoms with E-state index < -0.39 is 15.0 Å². The largest absolute Gasteiger partial charge is 1.00 e. The summed E-state index contributed by atoms with van der Waals surface area (Å²) in [6, 6.07) is 18.9. The van der Waals surface area contributed by atoms with Crippen molar-refractivity contribution in [2.75, 3.05) is 19.8 Å². The molecule has 0 aromatic heterocycles. The van der Waals surface area contributed by atoms with Gasteiger partial charge in [-0.3, -0.25) is 9.83 Å². The molecule has 310 valence electrons. The van der Waals surface area contributed by atoms with Crippen LogP contribution in [0.15, 0.2) is 92.8 Å². The van der Waals surface area contributed by atoms with Gasteiger partial charge in [0.15, 0.2) is 5.75 Å². The average molecular weight is 880 g/mol. The maximum atomic E-state index is 13.1. The first kappa shape index (κ1) is 51.4. The molecule has 0 saturated heterocycles. The Kier molecular flexibility index (Phi) is 22.1. The molecule has 5 aromatic rings. The number of carbonyl (C=O) groups excluding carboxylic acids is 1. The molecule has 0 heterocycles. The van der Waals surface area contributed by atoms with Gasteiger partial charge in [0.05, 0.1) is 33.1 Å². The van der Waals surface area contributed by atoms with E-state index in [1.165, 1.54) is 57.9 Å². The number of aryl methyl sites for hydroxylation is 1. The second kappa shape index (κ2) is 25.8. The van der Waals surface area contributed by atoms with Crippen LogP contribution in [0.2, 0.25) is 0 Å². The van der Waals surface area contributed by atoms with Gasteiger partial charge in [0.2, 0.25) is 0 Å². The van der Waals surface area contributed by atoms with E-state index in [2.05, 4.69) is 31.8 Å². The Hall–Kier alpha value is -2.97. The molecule has 18 heteroatoms. The van der Waals surface area contributed by atoms with Crippen LogP contribution < -0.4 is 79.2 Å². The molecule has 0 aliphatic rings. The summed E-state index contributed by atoms with van der Waals surface area (Å²) in [5.41, 5.74) is 0.714. The molecule has 0 aliphatic heterocycles. The zero-order chi connectivity index (χ0) is 41.5. The van der Waals surface area contributed by atoms with E-state index in [0.29, 0.717) is 52.1 Å². The Morgan fingerprint density at radius 2 is 1.43 bits per heavy atom. The summed E-state index contributed by atoms with van der Waals surface area (Å²) in [5, 5.41) is 48.9. The third-order valence-corrected chi connectivity index (χ3v) is 10.9. The van der Waals surface area contributed by atoms with Gasteiger partial charge in [-0.25, -0.2) is 8.42 Å². The predicted octanol–water partition coefficient (Wildman–Crippen LogP) is 3.38. The number of phenolic OH excluding ortho intramolecular Hbond substituents is 2. The number of ether oxygens (including phenoxy) is 2. The Morgan fingerprint density at radius 1 is 0.800 bits per heavy atom. The molecule has 5 aromatic carbocycles. The Morgan fingerprint density at radius 3 is 2.08 bits per heavy atom. The van der Waals surface area contributed by atoms with Crippen LogP contribution in [0, 0.1) is 6.92 Å². The third-order valence-electron chi connectivity index (χ3n) is 9.51. The minimum absolute atomic E-state index is 0. The summed E-state index contributed by atoms with van der Waals surface area (Å²) >= 11 is 0.414. The molecule has 3 N–H and O–H groups in total. The first-order valence-electron chi connectivity index (χ1n) is 19.2. The van der Waals surface area contributed by atoms with Crippen molar-refractivity contribution in [3.05, 3.63) is 83.9 Å². The van der Waals surface area contributed by atoms with E-state index in [1.54, 1.807) is 42.5 Å². The van der Waals surface area contributed by atoms with Crippen molar-refractivity contribution in [3.63, 3.8) is 0 Å². The first-order valence-corrected chi connectivity index (χ1v) is 21.4. The summed E-state index contributed by atoms with van der Waals surface area (Å²) < 4.78 is 51.3. The monoisotopic (exact) mass is 879 g/mol. The molecule has 60 heavy (non-hydrogen) atoms. The van der Waals surface area contributed by atoms with Crippen molar-refractivity contribution < 1.29 is 111 Å². The van der Waals surface area contributed by atoms with Crippen LogP contribution in [0.1, 0.15) is 87.1 Å². The second-order valence-electron chi connectivity index (χ2n) is 13.7. The third kappa shape index (κ3) is 14.6. The summed E-state index contributed by atoms with van der Waals surface area (Å²) in [7, 11) is -4.79. The van der Waals surface area contributed by atoms with Crippen LogP contribution in [-0.2, 0) is 19.5 Å². The molecule has 0 spiro atoms. The van der Waals surface area contributed by atoms with Crippen LogP contribution in [0.5, 0.6) is 23.0 Å². The molecule has 0 atom stereocenters. The Bertz CT molecular complexity index is 2320. The minimum Gasteiger partial charge on any atom is -0.744 e. The van der Waals surface area contributed by atoms with Gasteiger partial charge in [0, 0.05) is 22.7 Å². The summed E-state index contributed by atoms with van der Waals surface area (Å²) in [6.07, 6.45) is 12.0. The number of aromatic hydroxyl groups is 2. The fourth-order valence-corrected chi connectivity index (χ4v) is 7.66. The van der Waals surface area contributed by atoms with Crippen LogP contribution in [0.3, 0.4) is 0 Å². The summed E-state index contributed by atoms with van der Waals surface area (Å²) in [5.74, 6) is 0.0782. The van der Waals surface area contributed by atoms with E-state index in [1.807, 2.05) is 12.1 Å². The fraction of sp³-hybridized carbons (Fsp3) is 0.357. The molecule has 0 aliphatic carbocycles. The summed E-state index contributed by atoms with van der Waals surface area (Å²) in [4.78, 5) is 12.7. The Balaban J connectivity index is 0.00000480. The maximum absolute atomic E-state index is 13.1. The van der Waals surface area contributed by atoms with Crippen molar-refractivity contribution in [2.45, 2.75) is 87.8 Å². The minimum atomic E-state index is -4.79. The Labute approximate surface area is 398 Å². The zero-order valence-corrected chi connectivity index (χ0v) is 40.0. The molecule has 0 radical (unpaired) electrons. The zero-order valence-electron chi connectivity index (χ0n) is 34.4. The quantitative estimate of drug-likeness (QED) is 0.0164. The standard InChI is InChI=1S/C42H49N3O11S2.2Na/c1-3-4-5-6-7-8-9-10-11-14-21-43-42(48)35-27-36(33-15-12-13-16-34(33)40(35)46)54-23-22-53-31-19-17-30(18-20-31)44-45-39-37(57-56-55-49)26-29-25-32(58(50,51)52)24-28(2)38(29)41(39)47;;/h12-13,15-20,24-27,46-47,49H,3-11,14,21-23H2,1-2H3,(H,43,48)(H,50,51,52);;/q;2*+1/p-2. The fourth-order valence-electron chi connectivity index (χ4n) is 6.57. The number of hydrogen-bond donors (Lipinski definition) is 3. The van der Waals surface area contributed by atoms with E-state index in [9.17, 15) is 33.2 Å². The van der Waals surface area contributed by atoms with E-state index >= 15 is 0 Å². The number of fused-ring (bicyclic) bond motifs is 2. The molecule has 0 fully saturated rings. The average Bonchev–Trinajstić information content (AvgIpc) is 3.21. The van der Waals surface area contributed by atoms with Crippen LogP contribution >= 0.6 is 12.0 Å². The van der Waals surface area contributed by atoms with E-state index in [4.69, 9.17) is 9.47 Å². The molecule has 5 rings (SSSR count). The molecule has 0 saturated carbocycles. The van der Waals surface area contributed by atoms with Gasteiger partial charge < -0.3 is 34.8 Å². The second-order valence-corrected chi connectivity index (χ2v) is 15.9. The van der Waals surface area contributed by atoms with E-state index in [-0.39, 0.29) is 117 Å². The number of amides is 1. The van der Waals surface area contributed by atoms with Crippen LogP contribution in [0.25, 0.3) is 21.5 Å². The smallest absolute Gasteiger partial charge is 0.744 e. The number of nitrogens with zero attached hydrogens (tertiary/aromatic N) is 2. The van der Waals surface area contributed by atoms with Crippen LogP contribution in [0.4, 0.5) is 11.4 Å². The van der Waals surface area contributed by atoms with Crippen molar-refractivity contribution >= 4 is 61.0 Å². The number of phenols is 2. The molecule has 1 amide bonds. The van der Waals surface area contributed by atoms with Gasteiger partial charge in [-0.15, -0.1) is 5.11 Å². The van der Waals surface area contributed by atoms with Gasteiger partial charge in [0.25, 0.3) is 5.91 Å². The molecular formula is C42H47N3Na2O11S2. The number of carbonyl (C=O) groups is 1. The molecule has 0 unspecified atom stereocenters. The van der Waals surface area contributed by atoms with Gasteiger partial charge >= 0.3 is 59.1 Å². The number of nitrogens with one attached hydrogen (secondary N) is 1. The molecule has 0 bridgehead atoms. The number of unbranched alkanes of at least 4 members (excludes halogenated alkanes) is 9. The van der Waals surface area contributed by atoms with Gasteiger partial charge in [-0.05, 0) is 72.8 Å². The summed E-state index contributed by atoms with van der Waals surface area (Å²) in [6.45, 7) is 4.55. The SMILES string of the molecule is CCCCCCCCCCCCNC(=O)c1cc(OCCOc2ccc(N=Nc3c(SOO[O-])cc4cc(S(=O)(=O)[O-])cc(C)c4c3O)cc2)c2ccccc2c1O.[Na+].[Na+]. The van der Waals surface area contributed by atoms with Gasteiger partial charge in [-0.1, -0.05) is 89.0 Å². The van der Waals surface area contributed by atoms with Gasteiger partial charge in [-0.2, -0.15) is 9.45 Å². The first-order chi connectivity index (χ1) is 28.0. The normalized spacial score (nSPS) is 11.4.